The zero-order chi connectivity index (χ0) is 19.8. The minimum absolute atomic E-state index is 0.149. The van der Waals surface area contributed by atoms with Gasteiger partial charge >= 0.3 is 0 Å². The van der Waals surface area contributed by atoms with Crippen molar-refractivity contribution in [1.29, 1.82) is 0 Å². The highest BCUT2D eigenvalue weighted by molar-refractivity contribution is 7.92. The van der Waals surface area contributed by atoms with Crippen molar-refractivity contribution in [1.82, 2.24) is 9.78 Å². The van der Waals surface area contributed by atoms with Crippen molar-refractivity contribution < 1.29 is 8.42 Å². The van der Waals surface area contributed by atoms with Crippen LogP contribution < -0.4 is 4.72 Å². The molecule has 7 heteroatoms. The number of nitrogens with one attached hydrogen (secondary N) is 1. The Morgan fingerprint density at radius 1 is 1.07 bits per heavy atom. The topological polar surface area (TPSA) is 64.0 Å². The van der Waals surface area contributed by atoms with Gasteiger partial charge in [-0.1, -0.05) is 56.6 Å². The monoisotopic (exact) mass is 403 g/mol. The summed E-state index contributed by atoms with van der Waals surface area (Å²) in [5.41, 5.74) is 2.14. The van der Waals surface area contributed by atoms with Gasteiger partial charge < -0.3 is 0 Å². The molecule has 3 aromatic rings. The first-order chi connectivity index (χ1) is 12.6. The lowest BCUT2D eigenvalue weighted by atomic mass is 9.92. The second-order valence-electron chi connectivity index (χ2n) is 7.44. The minimum atomic E-state index is -3.84. The normalized spacial score (nSPS) is 12.2. The summed E-state index contributed by atoms with van der Waals surface area (Å²) in [6.45, 7) is 7.67. The fraction of sp³-hybridized carbons (Fsp3) is 0.250. The average molecular weight is 404 g/mol. The number of aromatic nitrogens is 2. The van der Waals surface area contributed by atoms with Gasteiger partial charge in [0.05, 0.1) is 23.3 Å². The summed E-state index contributed by atoms with van der Waals surface area (Å²) in [5, 5.41) is 5.07. The predicted molar refractivity (Wildman–Crippen MR) is 109 cm³/mol. The molecule has 0 aliphatic heterocycles. The van der Waals surface area contributed by atoms with Crippen molar-refractivity contribution in [3.8, 4) is 5.69 Å². The molecule has 1 heterocycles. The summed E-state index contributed by atoms with van der Waals surface area (Å²) in [6.07, 6.45) is 1.55. The Morgan fingerprint density at radius 3 is 2.33 bits per heavy atom. The van der Waals surface area contributed by atoms with Crippen LogP contribution in [0.15, 0.2) is 59.6 Å². The van der Waals surface area contributed by atoms with E-state index in [2.05, 4.69) is 9.82 Å². The number of para-hydroxylation sites is 1. The summed E-state index contributed by atoms with van der Waals surface area (Å²) in [4.78, 5) is 0.149. The van der Waals surface area contributed by atoms with E-state index in [1.54, 1.807) is 29.1 Å². The number of halogens is 1. The van der Waals surface area contributed by atoms with E-state index < -0.39 is 15.4 Å². The van der Waals surface area contributed by atoms with Crippen molar-refractivity contribution in [2.45, 2.75) is 38.0 Å². The lowest BCUT2D eigenvalue weighted by molar-refractivity contribution is 0.543. The molecule has 0 aliphatic carbocycles. The van der Waals surface area contributed by atoms with E-state index in [1.165, 1.54) is 0 Å². The number of sulfonamides is 1. The highest BCUT2D eigenvalue weighted by atomic mass is 35.5. The quantitative estimate of drug-likeness (QED) is 0.671. The van der Waals surface area contributed by atoms with E-state index >= 15 is 0 Å². The Hall–Kier alpha value is -2.31. The third kappa shape index (κ3) is 4.17. The summed E-state index contributed by atoms with van der Waals surface area (Å²) in [5.74, 6) is 0. The molecule has 0 aliphatic rings. The standard InChI is InChI=1S/C20H22ClN3O2S/c1-14-10-11-15(12-17(14)21)23-27(25,26)18-13-24(16-8-6-5-7-9-16)22-19(18)20(2,3)4/h5-13,23H,1-4H3. The third-order valence-electron chi connectivity index (χ3n) is 4.13. The van der Waals surface area contributed by atoms with E-state index in [0.717, 1.165) is 11.3 Å². The molecule has 2 aromatic carbocycles. The molecule has 0 unspecified atom stereocenters. The predicted octanol–water partition coefficient (Wildman–Crippen LogP) is 4.93. The van der Waals surface area contributed by atoms with Crippen LogP contribution in [0.2, 0.25) is 5.02 Å². The number of hydrogen-bond donors (Lipinski definition) is 1. The Balaban J connectivity index is 2.08. The van der Waals surface area contributed by atoms with Crippen LogP contribution >= 0.6 is 11.6 Å². The summed E-state index contributed by atoms with van der Waals surface area (Å²) >= 11 is 6.13. The molecule has 0 spiro atoms. The van der Waals surface area contributed by atoms with Crippen molar-refractivity contribution >= 4 is 27.3 Å². The van der Waals surface area contributed by atoms with Crippen LogP contribution in [-0.2, 0) is 15.4 Å². The van der Waals surface area contributed by atoms with Gasteiger partial charge in [0.25, 0.3) is 10.0 Å². The first-order valence-corrected chi connectivity index (χ1v) is 10.4. The highest BCUT2D eigenvalue weighted by Crippen LogP contribution is 2.30. The fourth-order valence-corrected chi connectivity index (χ4v) is 4.22. The highest BCUT2D eigenvalue weighted by Gasteiger charge is 2.30. The van der Waals surface area contributed by atoms with Crippen LogP contribution in [0.5, 0.6) is 0 Å². The molecular formula is C20H22ClN3O2S. The van der Waals surface area contributed by atoms with Gasteiger partial charge in [0.1, 0.15) is 4.90 Å². The van der Waals surface area contributed by atoms with Gasteiger partial charge in [-0.3, -0.25) is 4.72 Å². The van der Waals surface area contributed by atoms with Gasteiger partial charge in [-0.25, -0.2) is 13.1 Å². The molecule has 3 rings (SSSR count). The Bertz CT molecular complexity index is 1070. The van der Waals surface area contributed by atoms with E-state index in [9.17, 15) is 8.42 Å². The van der Waals surface area contributed by atoms with Gasteiger partial charge in [0.2, 0.25) is 0 Å². The lowest BCUT2D eigenvalue weighted by Crippen LogP contribution is -2.20. The number of hydrogen-bond acceptors (Lipinski definition) is 3. The lowest BCUT2D eigenvalue weighted by Gasteiger charge is -2.18. The first-order valence-electron chi connectivity index (χ1n) is 8.52. The minimum Gasteiger partial charge on any atom is -0.279 e. The molecule has 0 atom stereocenters. The molecule has 0 amide bonds. The van der Waals surface area contributed by atoms with Gasteiger partial charge in [-0.2, -0.15) is 5.10 Å². The maximum atomic E-state index is 13.1. The van der Waals surface area contributed by atoms with Gasteiger partial charge in [-0.15, -0.1) is 0 Å². The van der Waals surface area contributed by atoms with Gasteiger partial charge in [0, 0.05) is 10.4 Å². The first kappa shape index (κ1) is 19.5. The molecule has 0 fully saturated rings. The molecule has 1 aromatic heterocycles. The fourth-order valence-electron chi connectivity index (χ4n) is 2.65. The number of benzene rings is 2. The van der Waals surface area contributed by atoms with E-state index in [1.807, 2.05) is 58.0 Å². The second-order valence-corrected chi connectivity index (χ2v) is 9.50. The van der Waals surface area contributed by atoms with Crippen LogP contribution in [-0.4, -0.2) is 18.2 Å². The van der Waals surface area contributed by atoms with Crippen molar-refractivity contribution in [3.63, 3.8) is 0 Å². The number of nitrogens with zero attached hydrogens (tertiary/aromatic N) is 2. The Morgan fingerprint density at radius 2 is 1.74 bits per heavy atom. The van der Waals surface area contributed by atoms with E-state index in [4.69, 9.17) is 11.6 Å². The zero-order valence-corrected chi connectivity index (χ0v) is 17.3. The number of anilines is 1. The van der Waals surface area contributed by atoms with Crippen LogP contribution in [0.25, 0.3) is 5.69 Å². The van der Waals surface area contributed by atoms with Crippen molar-refractivity contribution in [2.75, 3.05) is 4.72 Å². The van der Waals surface area contributed by atoms with Gasteiger partial charge in [0.15, 0.2) is 0 Å². The molecule has 142 valence electrons. The van der Waals surface area contributed by atoms with E-state index in [-0.39, 0.29) is 4.90 Å². The average Bonchev–Trinajstić information content (AvgIpc) is 3.06. The Kier molecular flexibility index (Phi) is 5.06. The SMILES string of the molecule is Cc1ccc(NS(=O)(=O)c2cn(-c3ccccc3)nc2C(C)(C)C)cc1Cl. The van der Waals surface area contributed by atoms with Crippen molar-refractivity contribution in [3.05, 3.63) is 71.0 Å². The number of aryl methyl sites for hydroxylation is 1. The molecular weight excluding hydrogens is 382 g/mol. The number of rotatable bonds is 4. The molecule has 0 saturated carbocycles. The van der Waals surface area contributed by atoms with Gasteiger partial charge in [-0.05, 0) is 36.8 Å². The van der Waals surface area contributed by atoms with Crippen LogP contribution in [0.1, 0.15) is 32.0 Å². The maximum absolute atomic E-state index is 13.1. The maximum Gasteiger partial charge on any atom is 0.265 e. The van der Waals surface area contributed by atoms with Crippen LogP contribution in [0.4, 0.5) is 5.69 Å². The molecule has 1 N–H and O–H groups in total. The zero-order valence-electron chi connectivity index (χ0n) is 15.7. The summed E-state index contributed by atoms with van der Waals surface area (Å²) in [7, 11) is -3.84. The molecule has 0 bridgehead atoms. The smallest absolute Gasteiger partial charge is 0.265 e. The summed E-state index contributed by atoms with van der Waals surface area (Å²) < 4.78 is 30.4. The molecule has 0 radical (unpaired) electrons. The largest absolute Gasteiger partial charge is 0.279 e. The molecule has 0 saturated heterocycles. The second kappa shape index (κ2) is 7.02. The van der Waals surface area contributed by atoms with E-state index in [0.29, 0.717) is 16.4 Å². The van der Waals surface area contributed by atoms with Crippen molar-refractivity contribution in [2.24, 2.45) is 0 Å². The molecule has 27 heavy (non-hydrogen) atoms. The third-order valence-corrected chi connectivity index (χ3v) is 5.91. The molecule has 5 nitrogen and oxygen atoms in total. The summed E-state index contributed by atoms with van der Waals surface area (Å²) in [6, 6.07) is 14.5. The van der Waals surface area contributed by atoms with Crippen LogP contribution in [0.3, 0.4) is 0 Å². The van der Waals surface area contributed by atoms with Crippen LogP contribution in [0, 0.1) is 6.92 Å². The Labute approximate surface area is 165 Å².